The first-order chi connectivity index (χ1) is 29.8. The molecule has 0 spiro atoms. The van der Waals surface area contributed by atoms with Crippen molar-refractivity contribution in [3.63, 3.8) is 0 Å². The molecule has 284 valence electrons. The topological polar surface area (TPSA) is 28.2 Å². The van der Waals surface area contributed by atoms with Crippen LogP contribution in [0.25, 0.3) is 0 Å². The van der Waals surface area contributed by atoms with E-state index in [2.05, 4.69) is 233 Å². The fourth-order valence-electron chi connectivity index (χ4n) is 8.67. The molecule has 2 aliphatic rings. The lowest BCUT2D eigenvalue weighted by atomic mass is 9.35. The monoisotopic (exact) mass is 771 g/mol. The molecule has 0 unspecified atom stereocenters. The van der Waals surface area contributed by atoms with Crippen molar-refractivity contribution in [1.29, 1.82) is 0 Å². The third-order valence-corrected chi connectivity index (χ3v) is 11.3. The summed E-state index contributed by atoms with van der Waals surface area (Å²) in [5.74, 6) is 3.15. The zero-order valence-electron chi connectivity index (χ0n) is 32.7. The first-order valence-electron chi connectivity index (χ1n) is 20.3. The van der Waals surface area contributed by atoms with Crippen LogP contribution in [-0.2, 0) is 0 Å². The summed E-state index contributed by atoms with van der Waals surface area (Å²) in [4.78, 5) is 6.81. The van der Waals surface area contributed by atoms with Crippen molar-refractivity contribution >= 4 is 74.3 Å². The van der Waals surface area contributed by atoms with Crippen LogP contribution in [0.15, 0.2) is 231 Å². The Morgan fingerprint density at radius 1 is 0.250 bits per heavy atom. The van der Waals surface area contributed by atoms with E-state index >= 15 is 0 Å². The van der Waals surface area contributed by atoms with Gasteiger partial charge in [-0.15, -0.1) is 0 Å². The maximum atomic E-state index is 7.10. The number of para-hydroxylation sites is 6. The molecule has 60 heavy (non-hydrogen) atoms. The summed E-state index contributed by atoms with van der Waals surface area (Å²) < 4.78 is 14.2. The Morgan fingerprint density at radius 2 is 0.517 bits per heavy atom. The molecule has 0 bridgehead atoms. The first kappa shape index (κ1) is 35.2. The Bertz CT molecular complexity index is 2660. The van der Waals surface area contributed by atoms with Gasteiger partial charge in [0.1, 0.15) is 23.0 Å². The van der Waals surface area contributed by atoms with Crippen LogP contribution in [-0.4, -0.2) is 6.71 Å². The van der Waals surface area contributed by atoms with Crippen molar-refractivity contribution in [2.75, 3.05) is 14.7 Å². The van der Waals surface area contributed by atoms with Crippen LogP contribution in [0, 0.1) is 0 Å². The predicted molar refractivity (Wildman–Crippen MR) is 248 cm³/mol. The molecule has 0 amide bonds. The maximum absolute atomic E-state index is 7.10. The highest BCUT2D eigenvalue weighted by atomic mass is 16.5. The van der Waals surface area contributed by atoms with Crippen molar-refractivity contribution in [1.82, 2.24) is 0 Å². The van der Waals surface area contributed by atoms with Gasteiger partial charge in [0.15, 0.2) is 0 Å². The molecule has 2 heterocycles. The second-order valence-corrected chi connectivity index (χ2v) is 15.0. The Labute approximate surface area is 350 Å². The van der Waals surface area contributed by atoms with Gasteiger partial charge in [-0.25, -0.2) is 0 Å². The van der Waals surface area contributed by atoms with Crippen molar-refractivity contribution < 1.29 is 9.47 Å². The van der Waals surface area contributed by atoms with Crippen LogP contribution in [0.2, 0.25) is 0 Å². The minimum atomic E-state index is -0.134. The van der Waals surface area contributed by atoms with Crippen LogP contribution in [0.1, 0.15) is 0 Å². The molecule has 0 saturated carbocycles. The fourth-order valence-corrected chi connectivity index (χ4v) is 8.67. The summed E-state index contributed by atoms with van der Waals surface area (Å²) in [6.07, 6.45) is 0. The van der Waals surface area contributed by atoms with E-state index in [9.17, 15) is 0 Å². The zero-order valence-corrected chi connectivity index (χ0v) is 32.7. The summed E-state index contributed by atoms with van der Waals surface area (Å²) in [7, 11) is 0. The van der Waals surface area contributed by atoms with Crippen LogP contribution >= 0.6 is 0 Å². The third kappa shape index (κ3) is 6.32. The highest BCUT2D eigenvalue weighted by Crippen LogP contribution is 2.45. The normalized spacial score (nSPS) is 11.9. The number of hydrogen-bond donors (Lipinski definition) is 0. The molecule has 0 aromatic heterocycles. The smallest absolute Gasteiger partial charge is 0.260 e. The van der Waals surface area contributed by atoms with E-state index < -0.39 is 0 Å². The van der Waals surface area contributed by atoms with E-state index in [1.54, 1.807) is 0 Å². The summed E-state index contributed by atoms with van der Waals surface area (Å²) in [6, 6.07) is 80.5. The van der Waals surface area contributed by atoms with Gasteiger partial charge in [-0.1, -0.05) is 121 Å². The van der Waals surface area contributed by atoms with Crippen molar-refractivity contribution in [3.8, 4) is 23.0 Å². The van der Waals surface area contributed by atoms with Gasteiger partial charge < -0.3 is 24.2 Å². The van der Waals surface area contributed by atoms with E-state index in [0.29, 0.717) is 0 Å². The second kappa shape index (κ2) is 15.1. The van der Waals surface area contributed by atoms with E-state index in [0.717, 1.165) is 90.6 Å². The predicted octanol–water partition coefficient (Wildman–Crippen LogP) is 12.8. The lowest BCUT2D eigenvalue weighted by Crippen LogP contribution is -2.57. The van der Waals surface area contributed by atoms with Gasteiger partial charge in [0.2, 0.25) is 0 Å². The molecule has 0 saturated heterocycles. The summed E-state index contributed by atoms with van der Waals surface area (Å²) >= 11 is 0. The van der Waals surface area contributed by atoms with Crippen molar-refractivity contribution in [2.24, 2.45) is 0 Å². The average Bonchev–Trinajstić information content (AvgIpc) is 3.31. The van der Waals surface area contributed by atoms with Gasteiger partial charge in [-0.2, -0.15) is 0 Å². The Balaban J connectivity index is 1.11. The average molecular weight is 772 g/mol. The first-order valence-corrected chi connectivity index (χ1v) is 20.3. The number of fused-ring (bicyclic) bond motifs is 4. The number of ether oxygens (including phenoxy) is 2. The summed E-state index contributed by atoms with van der Waals surface area (Å²) in [6.45, 7) is -0.134. The number of rotatable bonds is 9. The lowest BCUT2D eigenvalue weighted by Gasteiger charge is -2.36. The molecular formula is C54H38BN3O2. The second-order valence-electron chi connectivity index (χ2n) is 15.0. The highest BCUT2D eigenvalue weighted by molar-refractivity contribution is 6.98. The third-order valence-electron chi connectivity index (χ3n) is 11.3. The number of benzene rings is 9. The zero-order chi connectivity index (χ0) is 39.8. The van der Waals surface area contributed by atoms with Crippen molar-refractivity contribution in [3.05, 3.63) is 231 Å². The lowest BCUT2D eigenvalue weighted by molar-refractivity contribution is 0.465. The van der Waals surface area contributed by atoms with Crippen LogP contribution in [0.4, 0.5) is 51.2 Å². The van der Waals surface area contributed by atoms with E-state index in [4.69, 9.17) is 9.47 Å². The minimum Gasteiger partial charge on any atom is -0.458 e. The SMILES string of the molecule is c1ccc(N(c2ccccc2)c2ccc3c(c2)Oc2cc(N(c4ccccc4)c4ccccc4)cc4c2B3c2ccc(N(c3ccccc3)c3ccccc3)cc2O4)cc1. The van der Waals surface area contributed by atoms with Gasteiger partial charge in [-0.05, 0) is 95.9 Å². The molecular weight excluding hydrogens is 733 g/mol. The van der Waals surface area contributed by atoms with Crippen LogP contribution < -0.4 is 40.6 Å². The molecule has 2 aliphatic heterocycles. The molecule has 0 aliphatic carbocycles. The van der Waals surface area contributed by atoms with Gasteiger partial charge in [-0.3, -0.25) is 0 Å². The largest absolute Gasteiger partial charge is 0.458 e. The van der Waals surface area contributed by atoms with E-state index in [-0.39, 0.29) is 6.71 Å². The molecule has 5 nitrogen and oxygen atoms in total. The molecule has 0 radical (unpaired) electrons. The van der Waals surface area contributed by atoms with Gasteiger partial charge in [0.05, 0.1) is 5.69 Å². The molecule has 0 atom stereocenters. The summed E-state index contributed by atoms with van der Waals surface area (Å²) in [5.41, 5.74) is 12.5. The molecule has 6 heteroatoms. The summed E-state index contributed by atoms with van der Waals surface area (Å²) in [5, 5.41) is 0. The fraction of sp³-hybridized carbons (Fsp3) is 0. The Morgan fingerprint density at radius 3 is 0.817 bits per heavy atom. The van der Waals surface area contributed by atoms with Crippen LogP contribution in [0.3, 0.4) is 0 Å². The van der Waals surface area contributed by atoms with Gasteiger partial charge >= 0.3 is 0 Å². The number of hydrogen-bond acceptors (Lipinski definition) is 5. The Hall–Kier alpha value is -7.96. The van der Waals surface area contributed by atoms with Gasteiger partial charge in [0, 0.05) is 75.2 Å². The maximum Gasteiger partial charge on any atom is 0.260 e. The van der Waals surface area contributed by atoms with Crippen molar-refractivity contribution in [2.45, 2.75) is 0 Å². The van der Waals surface area contributed by atoms with Crippen LogP contribution in [0.5, 0.6) is 23.0 Å². The minimum absolute atomic E-state index is 0.134. The standard InChI is InChI=1S/C54H38BN3O2/c1-7-19-39(20-8-1)56(40-21-9-2-10-22-40)45-31-33-48-50(35-45)59-52-37-47(58(43-27-15-5-16-28-43)44-29-17-6-18-30-44)38-53-54(52)55(48)49-34-32-46(36-51(49)60-53)57(41-23-11-3-12-24-41)42-25-13-4-14-26-42/h1-38H. The number of anilines is 9. The van der Waals surface area contributed by atoms with E-state index in [1.165, 1.54) is 0 Å². The quantitative estimate of drug-likeness (QED) is 0.136. The molecule has 11 rings (SSSR count). The molecule has 9 aromatic carbocycles. The molecule has 9 aromatic rings. The molecule has 0 fully saturated rings. The number of nitrogens with zero attached hydrogens (tertiary/aromatic N) is 3. The van der Waals surface area contributed by atoms with Gasteiger partial charge in [0.25, 0.3) is 6.71 Å². The highest BCUT2D eigenvalue weighted by Gasteiger charge is 2.41. The molecule has 0 N–H and O–H groups in total. The van der Waals surface area contributed by atoms with E-state index in [1.807, 2.05) is 12.1 Å². The Kier molecular flexibility index (Phi) is 8.86.